The van der Waals surface area contributed by atoms with Crippen molar-refractivity contribution in [2.45, 2.75) is 93.9 Å². The lowest BCUT2D eigenvalue weighted by atomic mass is 9.92. The van der Waals surface area contributed by atoms with Crippen LogP contribution < -0.4 is 10.6 Å². The normalized spacial score (nSPS) is 20.3. The lowest BCUT2D eigenvalue weighted by Gasteiger charge is -2.29. The van der Waals surface area contributed by atoms with Crippen LogP contribution in [0.2, 0.25) is 0 Å². The van der Waals surface area contributed by atoms with Crippen LogP contribution in [-0.4, -0.2) is 53.5 Å². The molecule has 0 radical (unpaired) electrons. The summed E-state index contributed by atoms with van der Waals surface area (Å²) >= 11 is 0. The maximum atomic E-state index is 14.6. The third-order valence-corrected chi connectivity index (χ3v) is 8.56. The fourth-order valence-electron chi connectivity index (χ4n) is 5.80. The first-order valence-corrected chi connectivity index (χ1v) is 14.4. The van der Waals surface area contributed by atoms with E-state index in [-0.39, 0.29) is 17.9 Å². The van der Waals surface area contributed by atoms with Gasteiger partial charge < -0.3 is 10.2 Å². The van der Waals surface area contributed by atoms with E-state index < -0.39 is 41.0 Å². The van der Waals surface area contributed by atoms with Gasteiger partial charge in [0, 0.05) is 19.5 Å². The summed E-state index contributed by atoms with van der Waals surface area (Å²) in [6.45, 7) is 4.24. The second-order valence-electron chi connectivity index (χ2n) is 12.4. The van der Waals surface area contributed by atoms with Gasteiger partial charge in [0.1, 0.15) is 11.2 Å². The first-order valence-electron chi connectivity index (χ1n) is 14.4. The Balaban J connectivity index is 1.30. The molecule has 5 rings (SSSR count). The molecule has 1 saturated heterocycles. The smallest absolute Gasteiger partial charge is 0.257 e. The lowest BCUT2D eigenvalue weighted by molar-refractivity contribution is -0.132. The summed E-state index contributed by atoms with van der Waals surface area (Å²) in [7, 11) is 0. The molecule has 2 aromatic carbocycles. The van der Waals surface area contributed by atoms with Gasteiger partial charge in [-0.3, -0.25) is 14.9 Å². The molecule has 2 N–H and O–H groups in total. The van der Waals surface area contributed by atoms with Crippen LogP contribution >= 0.6 is 0 Å². The molecule has 2 amide bonds. The van der Waals surface area contributed by atoms with Gasteiger partial charge in [-0.25, -0.2) is 13.2 Å². The van der Waals surface area contributed by atoms with Gasteiger partial charge in [0.15, 0.2) is 0 Å². The van der Waals surface area contributed by atoms with Gasteiger partial charge in [-0.15, -0.1) is 0 Å². The number of carbonyl (C=O) groups excluding carboxylic acids is 2. The molecule has 0 bridgehead atoms. The van der Waals surface area contributed by atoms with Crippen molar-refractivity contribution < 1.29 is 22.8 Å². The highest BCUT2D eigenvalue weighted by atomic mass is 19.3. The third kappa shape index (κ3) is 6.43. The van der Waals surface area contributed by atoms with E-state index in [2.05, 4.69) is 10.6 Å². The summed E-state index contributed by atoms with van der Waals surface area (Å²) in [6, 6.07) is 13.8. The Morgan fingerprint density at radius 1 is 0.976 bits per heavy atom. The van der Waals surface area contributed by atoms with Crippen molar-refractivity contribution in [2.75, 3.05) is 13.1 Å². The first kappa shape index (κ1) is 29.1. The standard InChI is InChI=1S/C32H37F3N4O2/c1-30(2,35)19-25(28(40)38-31(20-36)13-14-31)37-26(27(33)34)23-7-5-21(6-8-23)22-9-11-24(12-10-22)32(15-16-32)29(41)39-17-3-4-18-39/h5-12,25-27,37H,3-4,13-19H2,1-2H3,(H,38,40)/t25-,26-/m0/s1. The SMILES string of the molecule is CC(C)(F)C[C@H](N[C@@H](c1ccc(-c2ccc(C3(C(=O)N4CCCC4)CC3)cc2)cc1)C(F)F)C(=O)NC1(C#N)CC1. The largest absolute Gasteiger partial charge is 0.342 e. The Bertz CT molecular complexity index is 1300. The van der Waals surface area contributed by atoms with Gasteiger partial charge in [0.05, 0.1) is 23.6 Å². The number of likely N-dealkylation sites (tertiary alicyclic amines) is 1. The number of alkyl halides is 3. The molecule has 41 heavy (non-hydrogen) atoms. The fraction of sp³-hybridized carbons (Fsp3) is 0.531. The zero-order chi connectivity index (χ0) is 29.4. The topological polar surface area (TPSA) is 85.2 Å². The number of rotatable bonds is 11. The molecule has 0 unspecified atom stereocenters. The van der Waals surface area contributed by atoms with Gasteiger partial charge in [-0.05, 0) is 74.6 Å². The molecule has 2 atom stereocenters. The van der Waals surface area contributed by atoms with E-state index in [1.54, 1.807) is 24.3 Å². The second kappa shape index (κ2) is 11.1. The van der Waals surface area contributed by atoms with Crippen LogP contribution in [-0.2, 0) is 15.0 Å². The quantitative estimate of drug-likeness (QED) is 0.372. The molecule has 9 heteroatoms. The van der Waals surface area contributed by atoms with Crippen molar-refractivity contribution in [2.24, 2.45) is 0 Å². The number of hydrogen-bond acceptors (Lipinski definition) is 4. The lowest BCUT2D eigenvalue weighted by Crippen LogP contribution is -2.52. The monoisotopic (exact) mass is 566 g/mol. The van der Waals surface area contributed by atoms with E-state index in [4.69, 9.17) is 0 Å². The molecule has 1 heterocycles. The fourth-order valence-corrected chi connectivity index (χ4v) is 5.80. The molecule has 6 nitrogen and oxygen atoms in total. The molecule has 2 aliphatic carbocycles. The minimum Gasteiger partial charge on any atom is -0.342 e. The Morgan fingerprint density at radius 2 is 1.54 bits per heavy atom. The van der Waals surface area contributed by atoms with Crippen molar-refractivity contribution in [1.29, 1.82) is 5.26 Å². The van der Waals surface area contributed by atoms with E-state index in [0.29, 0.717) is 12.8 Å². The Labute approximate surface area is 239 Å². The van der Waals surface area contributed by atoms with E-state index in [1.807, 2.05) is 35.2 Å². The highest BCUT2D eigenvalue weighted by Crippen LogP contribution is 2.50. The zero-order valence-electron chi connectivity index (χ0n) is 23.6. The highest BCUT2D eigenvalue weighted by Gasteiger charge is 2.53. The van der Waals surface area contributed by atoms with Crippen molar-refractivity contribution in [3.8, 4) is 17.2 Å². The van der Waals surface area contributed by atoms with Crippen LogP contribution in [0.1, 0.15) is 76.0 Å². The number of nitrogens with one attached hydrogen (secondary N) is 2. The first-order chi connectivity index (χ1) is 19.5. The predicted molar refractivity (Wildman–Crippen MR) is 150 cm³/mol. The van der Waals surface area contributed by atoms with Crippen molar-refractivity contribution in [1.82, 2.24) is 15.5 Å². The van der Waals surface area contributed by atoms with Crippen LogP contribution in [0.25, 0.3) is 11.1 Å². The summed E-state index contributed by atoms with van der Waals surface area (Å²) < 4.78 is 43.1. The number of hydrogen-bond donors (Lipinski definition) is 2. The molecule has 1 aliphatic heterocycles. The number of benzene rings is 2. The molecule has 0 spiro atoms. The van der Waals surface area contributed by atoms with E-state index in [0.717, 1.165) is 55.5 Å². The zero-order valence-corrected chi connectivity index (χ0v) is 23.6. The van der Waals surface area contributed by atoms with Crippen LogP contribution in [0.15, 0.2) is 48.5 Å². The maximum Gasteiger partial charge on any atom is 0.257 e. The number of amides is 2. The van der Waals surface area contributed by atoms with Gasteiger partial charge >= 0.3 is 0 Å². The van der Waals surface area contributed by atoms with E-state index in [1.165, 1.54) is 13.8 Å². The minimum absolute atomic E-state index is 0.223. The molecule has 3 fully saturated rings. The molecule has 3 aliphatic rings. The molecule has 0 aromatic heterocycles. The van der Waals surface area contributed by atoms with Crippen LogP contribution in [0.5, 0.6) is 0 Å². The number of nitrogens with zero attached hydrogens (tertiary/aromatic N) is 2. The van der Waals surface area contributed by atoms with Crippen LogP contribution in [0.4, 0.5) is 13.2 Å². The second-order valence-corrected chi connectivity index (χ2v) is 12.4. The van der Waals surface area contributed by atoms with Crippen molar-refractivity contribution in [3.63, 3.8) is 0 Å². The number of nitriles is 1. The summed E-state index contributed by atoms with van der Waals surface area (Å²) in [6.07, 6.45) is 1.62. The highest BCUT2D eigenvalue weighted by molar-refractivity contribution is 5.91. The summed E-state index contributed by atoms with van der Waals surface area (Å²) in [5.41, 5.74) is -0.186. The van der Waals surface area contributed by atoms with Crippen LogP contribution in [0.3, 0.4) is 0 Å². The predicted octanol–water partition coefficient (Wildman–Crippen LogP) is 5.58. The molecule has 2 saturated carbocycles. The molecular weight excluding hydrogens is 529 g/mol. The van der Waals surface area contributed by atoms with E-state index >= 15 is 0 Å². The molecule has 218 valence electrons. The maximum absolute atomic E-state index is 14.6. The van der Waals surface area contributed by atoms with Gasteiger partial charge in [0.25, 0.3) is 6.43 Å². The molecular formula is C32H37F3N4O2. The average Bonchev–Trinajstić information content (AvgIpc) is 3.86. The Hall–Kier alpha value is -3.38. The Morgan fingerprint density at radius 3 is 2.00 bits per heavy atom. The van der Waals surface area contributed by atoms with Gasteiger partial charge in [-0.2, -0.15) is 5.26 Å². The average molecular weight is 567 g/mol. The third-order valence-electron chi connectivity index (χ3n) is 8.56. The summed E-state index contributed by atoms with van der Waals surface area (Å²) in [5.74, 6) is -0.436. The molecule has 2 aromatic rings. The summed E-state index contributed by atoms with van der Waals surface area (Å²) in [4.78, 5) is 28.0. The number of halogens is 3. The minimum atomic E-state index is -2.85. The van der Waals surface area contributed by atoms with E-state index in [9.17, 15) is 28.0 Å². The van der Waals surface area contributed by atoms with Gasteiger partial charge in [0.2, 0.25) is 11.8 Å². The van der Waals surface area contributed by atoms with Gasteiger partial charge in [-0.1, -0.05) is 48.5 Å². The number of carbonyl (C=O) groups is 2. The Kier molecular flexibility index (Phi) is 7.90. The van der Waals surface area contributed by atoms with Crippen molar-refractivity contribution >= 4 is 11.8 Å². The van der Waals surface area contributed by atoms with Crippen LogP contribution in [0, 0.1) is 11.3 Å². The van der Waals surface area contributed by atoms with Crippen molar-refractivity contribution in [3.05, 3.63) is 59.7 Å². The summed E-state index contributed by atoms with van der Waals surface area (Å²) in [5, 5.41) is 14.6.